The predicted molar refractivity (Wildman–Crippen MR) is 65.3 cm³/mol. The van der Waals surface area contributed by atoms with E-state index in [1.807, 2.05) is 0 Å². The number of amides is 2. The van der Waals surface area contributed by atoms with E-state index in [-0.39, 0.29) is 23.8 Å². The van der Waals surface area contributed by atoms with Crippen LogP contribution in [0.2, 0.25) is 0 Å². The third kappa shape index (κ3) is 3.20. The highest BCUT2D eigenvalue weighted by molar-refractivity contribution is 5.89. The van der Waals surface area contributed by atoms with Crippen molar-refractivity contribution < 1.29 is 9.59 Å². The monoisotopic (exact) mass is 238 g/mol. The van der Waals surface area contributed by atoms with Crippen LogP contribution in [0.3, 0.4) is 0 Å². The van der Waals surface area contributed by atoms with E-state index in [9.17, 15) is 9.59 Å². The van der Waals surface area contributed by atoms with E-state index < -0.39 is 0 Å². The highest BCUT2D eigenvalue weighted by Crippen LogP contribution is 2.26. The predicted octanol–water partition coefficient (Wildman–Crippen LogP) is 1.21. The molecule has 2 rings (SSSR count). The minimum atomic E-state index is -0.159. The van der Waals surface area contributed by atoms with Crippen molar-refractivity contribution in [2.24, 2.45) is 11.8 Å². The first-order valence-corrected chi connectivity index (χ1v) is 6.74. The third-order valence-corrected chi connectivity index (χ3v) is 4.08. The van der Waals surface area contributed by atoms with Crippen LogP contribution in [0.15, 0.2) is 0 Å². The Morgan fingerprint density at radius 1 is 1.35 bits per heavy atom. The van der Waals surface area contributed by atoms with Crippen molar-refractivity contribution in [1.82, 2.24) is 10.6 Å². The van der Waals surface area contributed by atoms with Crippen molar-refractivity contribution in [3.63, 3.8) is 0 Å². The number of carbonyl (C=O) groups is 2. The van der Waals surface area contributed by atoms with Crippen molar-refractivity contribution in [2.45, 2.75) is 51.5 Å². The second-order valence-electron chi connectivity index (χ2n) is 5.40. The standard InChI is InChI=1S/C13H22N2O2/c1-9(10-5-3-2-4-6-10)15-13(17)11-7-12(16)14-8-11/h9-11H,2-8H2,1H3,(H,14,16)(H,15,17). The summed E-state index contributed by atoms with van der Waals surface area (Å²) >= 11 is 0. The first kappa shape index (κ1) is 12.4. The fourth-order valence-electron chi connectivity index (χ4n) is 2.88. The molecular formula is C13H22N2O2. The van der Waals surface area contributed by atoms with Gasteiger partial charge in [0.2, 0.25) is 11.8 Å². The highest BCUT2D eigenvalue weighted by Gasteiger charge is 2.30. The van der Waals surface area contributed by atoms with Crippen LogP contribution in [0.25, 0.3) is 0 Å². The maximum atomic E-state index is 11.9. The van der Waals surface area contributed by atoms with Gasteiger partial charge in [0.15, 0.2) is 0 Å². The molecule has 2 unspecified atom stereocenters. The Bertz CT molecular complexity index is 298. The molecule has 96 valence electrons. The largest absolute Gasteiger partial charge is 0.355 e. The molecule has 17 heavy (non-hydrogen) atoms. The van der Waals surface area contributed by atoms with Crippen LogP contribution in [-0.2, 0) is 9.59 Å². The van der Waals surface area contributed by atoms with Gasteiger partial charge in [-0.2, -0.15) is 0 Å². The number of rotatable bonds is 3. The Balaban J connectivity index is 1.79. The summed E-state index contributed by atoms with van der Waals surface area (Å²) < 4.78 is 0. The Morgan fingerprint density at radius 2 is 2.06 bits per heavy atom. The fraction of sp³-hybridized carbons (Fsp3) is 0.846. The van der Waals surface area contributed by atoms with Gasteiger partial charge in [-0.05, 0) is 25.7 Å². The molecule has 2 amide bonds. The summed E-state index contributed by atoms with van der Waals surface area (Å²) in [6, 6.07) is 0.249. The Morgan fingerprint density at radius 3 is 2.65 bits per heavy atom. The zero-order valence-corrected chi connectivity index (χ0v) is 10.5. The first-order valence-electron chi connectivity index (χ1n) is 6.74. The van der Waals surface area contributed by atoms with E-state index in [4.69, 9.17) is 0 Å². The first-order chi connectivity index (χ1) is 8.16. The molecule has 0 aromatic carbocycles. The van der Waals surface area contributed by atoms with Crippen LogP contribution in [0.4, 0.5) is 0 Å². The Hall–Kier alpha value is -1.06. The minimum Gasteiger partial charge on any atom is -0.355 e. The van der Waals surface area contributed by atoms with Gasteiger partial charge >= 0.3 is 0 Å². The summed E-state index contributed by atoms with van der Waals surface area (Å²) in [5.41, 5.74) is 0. The molecule has 1 saturated heterocycles. The SMILES string of the molecule is CC(NC(=O)C1CNC(=O)C1)C1CCCCC1. The summed E-state index contributed by atoms with van der Waals surface area (Å²) in [6.07, 6.45) is 6.71. The van der Waals surface area contributed by atoms with Gasteiger partial charge in [-0.1, -0.05) is 19.3 Å². The quantitative estimate of drug-likeness (QED) is 0.776. The molecule has 4 heteroatoms. The van der Waals surface area contributed by atoms with E-state index in [2.05, 4.69) is 17.6 Å². The van der Waals surface area contributed by atoms with Gasteiger partial charge in [-0.25, -0.2) is 0 Å². The van der Waals surface area contributed by atoms with Crippen molar-refractivity contribution in [2.75, 3.05) is 6.54 Å². The molecule has 1 saturated carbocycles. The summed E-state index contributed by atoms with van der Waals surface area (Å²) in [4.78, 5) is 23.0. The van der Waals surface area contributed by atoms with Crippen LogP contribution in [0.1, 0.15) is 45.4 Å². The highest BCUT2D eigenvalue weighted by atomic mass is 16.2. The van der Waals surface area contributed by atoms with E-state index in [0.29, 0.717) is 18.9 Å². The molecule has 0 aromatic rings. The average molecular weight is 238 g/mol. The van der Waals surface area contributed by atoms with Crippen molar-refractivity contribution in [3.05, 3.63) is 0 Å². The minimum absolute atomic E-state index is 0.00419. The lowest BCUT2D eigenvalue weighted by Gasteiger charge is -2.28. The second kappa shape index (κ2) is 5.52. The normalized spacial score (nSPS) is 27.6. The van der Waals surface area contributed by atoms with Gasteiger partial charge in [-0.3, -0.25) is 9.59 Å². The summed E-state index contributed by atoms with van der Waals surface area (Å²) in [5, 5.41) is 5.78. The van der Waals surface area contributed by atoms with Crippen molar-refractivity contribution in [3.8, 4) is 0 Å². The molecule has 2 N–H and O–H groups in total. The number of nitrogens with one attached hydrogen (secondary N) is 2. The lowest BCUT2D eigenvalue weighted by molar-refractivity contribution is -0.127. The molecule has 2 atom stereocenters. The molecule has 0 spiro atoms. The topological polar surface area (TPSA) is 58.2 Å². The summed E-state index contributed by atoms with van der Waals surface area (Å²) in [5.74, 6) is 0.503. The lowest BCUT2D eigenvalue weighted by Crippen LogP contribution is -2.42. The molecule has 1 heterocycles. The zero-order chi connectivity index (χ0) is 12.3. The van der Waals surface area contributed by atoms with Gasteiger partial charge in [-0.15, -0.1) is 0 Å². The van der Waals surface area contributed by atoms with E-state index in [1.54, 1.807) is 0 Å². The van der Waals surface area contributed by atoms with Gasteiger partial charge in [0.05, 0.1) is 5.92 Å². The molecule has 1 aliphatic heterocycles. The van der Waals surface area contributed by atoms with E-state index in [1.165, 1.54) is 32.1 Å². The second-order valence-corrected chi connectivity index (χ2v) is 5.40. The van der Waals surface area contributed by atoms with Crippen molar-refractivity contribution >= 4 is 11.8 Å². The van der Waals surface area contributed by atoms with E-state index in [0.717, 1.165) is 0 Å². The molecule has 2 aliphatic rings. The van der Waals surface area contributed by atoms with Gasteiger partial charge in [0.25, 0.3) is 0 Å². The van der Waals surface area contributed by atoms with Gasteiger partial charge in [0, 0.05) is 19.0 Å². The summed E-state index contributed by atoms with van der Waals surface area (Å²) in [7, 11) is 0. The van der Waals surface area contributed by atoms with Crippen LogP contribution >= 0.6 is 0 Å². The molecule has 0 bridgehead atoms. The zero-order valence-electron chi connectivity index (χ0n) is 10.5. The van der Waals surface area contributed by atoms with Crippen LogP contribution in [0.5, 0.6) is 0 Å². The Kier molecular flexibility index (Phi) is 4.02. The molecule has 2 fully saturated rings. The maximum absolute atomic E-state index is 11.9. The van der Waals surface area contributed by atoms with Gasteiger partial charge in [0.1, 0.15) is 0 Å². The average Bonchev–Trinajstić information content (AvgIpc) is 2.77. The number of hydrogen-bond acceptors (Lipinski definition) is 2. The molecule has 4 nitrogen and oxygen atoms in total. The lowest BCUT2D eigenvalue weighted by atomic mass is 9.84. The maximum Gasteiger partial charge on any atom is 0.225 e. The fourth-order valence-corrected chi connectivity index (χ4v) is 2.88. The Labute approximate surface area is 103 Å². The number of hydrogen-bond donors (Lipinski definition) is 2. The molecule has 0 aromatic heterocycles. The molecule has 0 radical (unpaired) electrons. The van der Waals surface area contributed by atoms with Crippen LogP contribution in [0, 0.1) is 11.8 Å². The molecular weight excluding hydrogens is 216 g/mol. The molecule has 1 aliphatic carbocycles. The third-order valence-electron chi connectivity index (χ3n) is 4.08. The van der Waals surface area contributed by atoms with Crippen LogP contribution in [-0.4, -0.2) is 24.4 Å². The summed E-state index contributed by atoms with van der Waals surface area (Å²) in [6.45, 7) is 2.60. The number of carbonyl (C=O) groups excluding carboxylic acids is 2. The van der Waals surface area contributed by atoms with Gasteiger partial charge < -0.3 is 10.6 Å². The smallest absolute Gasteiger partial charge is 0.225 e. The van der Waals surface area contributed by atoms with E-state index >= 15 is 0 Å². The van der Waals surface area contributed by atoms with Crippen molar-refractivity contribution in [1.29, 1.82) is 0 Å². The van der Waals surface area contributed by atoms with Crippen LogP contribution < -0.4 is 10.6 Å².